The Labute approximate surface area is 204 Å². The number of nitriles is 1. The molecule has 3 aromatic rings. The molecule has 0 saturated heterocycles. The minimum atomic E-state index is -4.17. The van der Waals surface area contributed by atoms with E-state index in [2.05, 4.69) is 11.4 Å². The summed E-state index contributed by atoms with van der Waals surface area (Å²) in [6, 6.07) is 19.4. The number of benzene rings is 3. The number of hydrogen-bond acceptors (Lipinski definition) is 7. The van der Waals surface area contributed by atoms with Crippen molar-refractivity contribution in [1.82, 2.24) is 0 Å². The Morgan fingerprint density at radius 2 is 1.57 bits per heavy atom. The van der Waals surface area contributed by atoms with E-state index in [0.717, 1.165) is 9.87 Å². The van der Waals surface area contributed by atoms with Crippen molar-refractivity contribution in [2.24, 2.45) is 0 Å². The van der Waals surface area contributed by atoms with Crippen LogP contribution in [0.3, 0.4) is 0 Å². The van der Waals surface area contributed by atoms with Gasteiger partial charge in [0, 0.05) is 11.8 Å². The molecule has 0 aromatic heterocycles. The lowest BCUT2D eigenvalue weighted by atomic mass is 10.1. The average molecular weight is 496 g/mol. The van der Waals surface area contributed by atoms with E-state index in [1.165, 1.54) is 39.5 Å². The summed E-state index contributed by atoms with van der Waals surface area (Å²) in [4.78, 5) is 12.8. The largest absolute Gasteiger partial charge is 0.497 e. The van der Waals surface area contributed by atoms with Crippen molar-refractivity contribution in [2.45, 2.75) is 11.3 Å². The van der Waals surface area contributed by atoms with E-state index in [1.807, 2.05) is 0 Å². The molecule has 35 heavy (non-hydrogen) atoms. The van der Waals surface area contributed by atoms with Crippen LogP contribution in [-0.2, 0) is 21.2 Å². The zero-order valence-electron chi connectivity index (χ0n) is 19.5. The fourth-order valence-electron chi connectivity index (χ4n) is 3.30. The molecule has 3 rings (SSSR count). The van der Waals surface area contributed by atoms with Gasteiger partial charge in [-0.3, -0.25) is 9.10 Å². The predicted molar refractivity (Wildman–Crippen MR) is 131 cm³/mol. The Morgan fingerprint density at radius 1 is 0.914 bits per heavy atom. The van der Waals surface area contributed by atoms with Gasteiger partial charge in [-0.05, 0) is 54.1 Å². The van der Waals surface area contributed by atoms with Gasteiger partial charge in [0.2, 0.25) is 5.91 Å². The van der Waals surface area contributed by atoms with Gasteiger partial charge in [0.1, 0.15) is 12.3 Å². The van der Waals surface area contributed by atoms with Gasteiger partial charge in [-0.1, -0.05) is 12.1 Å². The third-order valence-corrected chi connectivity index (χ3v) is 6.88. The number of nitrogens with one attached hydrogen (secondary N) is 1. The fraction of sp³-hybridized carbons (Fsp3) is 0.200. The van der Waals surface area contributed by atoms with E-state index >= 15 is 0 Å². The monoisotopic (exact) mass is 495 g/mol. The molecule has 0 radical (unpaired) electrons. The summed E-state index contributed by atoms with van der Waals surface area (Å²) in [6.07, 6.45) is 0.253. The SMILES string of the molecule is COc1ccc(N(CC(=O)Nc2ccc(CC#N)cc2)S(=O)(=O)c2ccc(OC)c(OC)c2)cc1. The van der Waals surface area contributed by atoms with Crippen LogP contribution in [0.2, 0.25) is 0 Å². The molecule has 0 unspecified atom stereocenters. The first-order chi connectivity index (χ1) is 16.8. The quantitative estimate of drug-likeness (QED) is 0.456. The summed E-state index contributed by atoms with van der Waals surface area (Å²) < 4.78 is 43.9. The number of carbonyl (C=O) groups excluding carboxylic acids is 1. The van der Waals surface area contributed by atoms with Crippen molar-refractivity contribution in [3.05, 3.63) is 72.3 Å². The molecule has 0 aliphatic rings. The second kappa shape index (κ2) is 11.3. The molecule has 0 atom stereocenters. The standard InChI is InChI=1S/C25H25N3O6S/c1-32-21-10-8-20(9-11-21)28(17-25(29)27-19-6-4-18(5-7-19)14-15-26)35(30,31)22-12-13-23(33-2)24(16-22)34-3/h4-13,16H,14,17H2,1-3H3,(H,27,29). The molecule has 3 aromatic carbocycles. The van der Waals surface area contributed by atoms with Crippen molar-refractivity contribution >= 4 is 27.3 Å². The van der Waals surface area contributed by atoms with Crippen LogP contribution in [0.15, 0.2) is 71.6 Å². The zero-order valence-corrected chi connectivity index (χ0v) is 20.3. The van der Waals surface area contributed by atoms with Crippen molar-refractivity contribution in [3.63, 3.8) is 0 Å². The summed E-state index contributed by atoms with van der Waals surface area (Å²) in [5, 5.41) is 11.5. The molecule has 10 heteroatoms. The van der Waals surface area contributed by atoms with Gasteiger partial charge in [-0.15, -0.1) is 0 Å². The van der Waals surface area contributed by atoms with E-state index in [0.29, 0.717) is 17.2 Å². The first kappa shape index (κ1) is 25.4. The highest BCUT2D eigenvalue weighted by molar-refractivity contribution is 7.92. The van der Waals surface area contributed by atoms with Gasteiger partial charge in [-0.2, -0.15) is 5.26 Å². The van der Waals surface area contributed by atoms with E-state index in [1.54, 1.807) is 48.5 Å². The second-order valence-corrected chi connectivity index (χ2v) is 9.17. The number of rotatable bonds is 10. The van der Waals surface area contributed by atoms with Gasteiger partial charge in [0.25, 0.3) is 10.0 Å². The number of hydrogen-bond donors (Lipinski definition) is 1. The number of carbonyl (C=O) groups is 1. The first-order valence-corrected chi connectivity index (χ1v) is 11.9. The van der Waals surface area contributed by atoms with E-state index in [9.17, 15) is 13.2 Å². The molecule has 0 saturated carbocycles. The lowest BCUT2D eigenvalue weighted by Crippen LogP contribution is -2.38. The van der Waals surface area contributed by atoms with Crippen LogP contribution in [-0.4, -0.2) is 42.2 Å². The van der Waals surface area contributed by atoms with E-state index in [-0.39, 0.29) is 22.8 Å². The number of methoxy groups -OCH3 is 3. The highest BCUT2D eigenvalue weighted by Gasteiger charge is 2.28. The Bertz CT molecular complexity index is 1320. The van der Waals surface area contributed by atoms with E-state index < -0.39 is 22.5 Å². The molecule has 9 nitrogen and oxygen atoms in total. The summed E-state index contributed by atoms with van der Waals surface area (Å²) in [5.74, 6) is 0.613. The van der Waals surface area contributed by atoms with Crippen LogP contribution in [0.5, 0.6) is 17.2 Å². The Hall–Kier alpha value is -4.23. The normalized spacial score (nSPS) is 10.7. The third kappa shape index (κ3) is 6.02. The second-order valence-electron chi connectivity index (χ2n) is 7.31. The molecule has 0 aliphatic carbocycles. The molecular weight excluding hydrogens is 470 g/mol. The van der Waals surface area contributed by atoms with Gasteiger partial charge in [0.05, 0.1) is 44.4 Å². The number of sulfonamides is 1. The summed E-state index contributed by atoms with van der Waals surface area (Å²) in [6.45, 7) is -0.483. The molecule has 182 valence electrons. The van der Waals surface area contributed by atoms with Crippen molar-refractivity contribution in [1.29, 1.82) is 5.26 Å². The van der Waals surface area contributed by atoms with Crippen LogP contribution in [0, 0.1) is 11.3 Å². The number of amides is 1. The van der Waals surface area contributed by atoms with E-state index in [4.69, 9.17) is 19.5 Å². The molecule has 0 heterocycles. The summed E-state index contributed by atoms with van der Waals surface area (Å²) in [7, 11) is 0.189. The van der Waals surface area contributed by atoms with Crippen molar-refractivity contribution in [2.75, 3.05) is 37.5 Å². The topological polar surface area (TPSA) is 118 Å². The highest BCUT2D eigenvalue weighted by Crippen LogP contribution is 2.32. The summed E-state index contributed by atoms with van der Waals surface area (Å²) in [5.41, 5.74) is 1.57. The maximum absolute atomic E-state index is 13.6. The van der Waals surface area contributed by atoms with Crippen LogP contribution in [0.4, 0.5) is 11.4 Å². The lowest BCUT2D eigenvalue weighted by Gasteiger charge is -2.24. The Morgan fingerprint density at radius 3 is 2.14 bits per heavy atom. The molecule has 0 bridgehead atoms. The van der Waals surface area contributed by atoms with Gasteiger partial charge >= 0.3 is 0 Å². The highest BCUT2D eigenvalue weighted by atomic mass is 32.2. The predicted octanol–water partition coefficient (Wildman–Crippen LogP) is 3.61. The van der Waals surface area contributed by atoms with Crippen molar-refractivity contribution in [3.8, 4) is 23.3 Å². The van der Waals surface area contributed by atoms with Gasteiger partial charge < -0.3 is 19.5 Å². The van der Waals surface area contributed by atoms with Crippen LogP contribution in [0.1, 0.15) is 5.56 Å². The number of nitrogens with zero attached hydrogens (tertiary/aromatic N) is 2. The number of anilines is 2. The average Bonchev–Trinajstić information content (AvgIpc) is 2.88. The molecule has 0 aliphatic heterocycles. The number of ether oxygens (including phenoxy) is 3. The first-order valence-electron chi connectivity index (χ1n) is 10.5. The minimum absolute atomic E-state index is 0.0698. The molecule has 1 amide bonds. The third-order valence-electron chi connectivity index (χ3n) is 5.11. The maximum Gasteiger partial charge on any atom is 0.264 e. The van der Waals surface area contributed by atoms with Gasteiger partial charge in [0.15, 0.2) is 11.5 Å². The zero-order chi connectivity index (χ0) is 25.4. The minimum Gasteiger partial charge on any atom is -0.497 e. The molecule has 0 fully saturated rings. The smallest absolute Gasteiger partial charge is 0.264 e. The van der Waals surface area contributed by atoms with Crippen molar-refractivity contribution < 1.29 is 27.4 Å². The molecule has 1 N–H and O–H groups in total. The Balaban J connectivity index is 1.94. The maximum atomic E-state index is 13.6. The Kier molecular flexibility index (Phi) is 8.17. The van der Waals surface area contributed by atoms with Crippen LogP contribution < -0.4 is 23.8 Å². The fourth-order valence-corrected chi connectivity index (χ4v) is 4.73. The van der Waals surface area contributed by atoms with Crippen LogP contribution >= 0.6 is 0 Å². The van der Waals surface area contributed by atoms with Crippen LogP contribution in [0.25, 0.3) is 0 Å². The molecule has 0 spiro atoms. The summed E-state index contributed by atoms with van der Waals surface area (Å²) >= 11 is 0. The lowest BCUT2D eigenvalue weighted by molar-refractivity contribution is -0.114. The van der Waals surface area contributed by atoms with Gasteiger partial charge in [-0.25, -0.2) is 8.42 Å². The molecular formula is C25H25N3O6S.